The molecule has 0 bridgehead atoms. The molecule has 1 saturated carbocycles. The molecule has 0 amide bonds. The van der Waals surface area contributed by atoms with Gasteiger partial charge in [-0.05, 0) is 37.7 Å². The second kappa shape index (κ2) is 7.69. The molecule has 106 valence electrons. The van der Waals surface area contributed by atoms with Gasteiger partial charge in [-0.3, -0.25) is 0 Å². The van der Waals surface area contributed by atoms with Crippen LogP contribution in [0.1, 0.15) is 70.4 Å². The maximum atomic E-state index is 3.84. The van der Waals surface area contributed by atoms with E-state index in [1.165, 1.54) is 50.5 Å². The van der Waals surface area contributed by atoms with Crippen molar-refractivity contribution >= 4 is 0 Å². The molecule has 1 aliphatic rings. The fourth-order valence-electron chi connectivity index (χ4n) is 3.43. The van der Waals surface area contributed by atoms with Crippen LogP contribution < -0.4 is 5.32 Å². The molecule has 1 fully saturated rings. The van der Waals surface area contributed by atoms with E-state index in [2.05, 4.69) is 49.5 Å². The molecule has 1 aromatic rings. The third-order valence-electron chi connectivity index (χ3n) is 4.57. The molecule has 1 aliphatic carbocycles. The molecule has 19 heavy (non-hydrogen) atoms. The second-order valence-electron chi connectivity index (χ2n) is 6.16. The minimum atomic E-state index is 0.480. The van der Waals surface area contributed by atoms with Crippen LogP contribution in [0.25, 0.3) is 0 Å². The number of nitrogens with one attached hydrogen (secondary N) is 1. The lowest BCUT2D eigenvalue weighted by Gasteiger charge is -2.22. The van der Waals surface area contributed by atoms with Crippen LogP contribution in [-0.2, 0) is 0 Å². The maximum Gasteiger partial charge on any atom is 0.0294 e. The first kappa shape index (κ1) is 14.6. The summed E-state index contributed by atoms with van der Waals surface area (Å²) in [6.45, 7) is 4.61. The predicted octanol–water partition coefficient (Wildman–Crippen LogP) is 5.09. The van der Waals surface area contributed by atoms with Gasteiger partial charge >= 0.3 is 0 Å². The molecule has 0 aliphatic heterocycles. The highest BCUT2D eigenvalue weighted by molar-refractivity contribution is 5.18. The normalized spacial score (nSPS) is 25.8. The molecule has 1 N–H and O–H groups in total. The van der Waals surface area contributed by atoms with Crippen LogP contribution in [0.15, 0.2) is 30.3 Å². The quantitative estimate of drug-likeness (QED) is 0.727. The fourth-order valence-corrected chi connectivity index (χ4v) is 3.43. The summed E-state index contributed by atoms with van der Waals surface area (Å²) >= 11 is 0. The molecule has 0 aromatic heterocycles. The summed E-state index contributed by atoms with van der Waals surface area (Å²) in [6, 6.07) is 12.0. The van der Waals surface area contributed by atoms with Crippen molar-refractivity contribution in [3.8, 4) is 0 Å². The molecule has 3 atom stereocenters. The minimum Gasteiger partial charge on any atom is -0.307 e. The van der Waals surface area contributed by atoms with Crippen molar-refractivity contribution in [2.75, 3.05) is 0 Å². The Morgan fingerprint density at radius 2 is 1.89 bits per heavy atom. The van der Waals surface area contributed by atoms with Crippen LogP contribution in [0.3, 0.4) is 0 Å². The monoisotopic (exact) mass is 259 g/mol. The van der Waals surface area contributed by atoms with Crippen molar-refractivity contribution in [1.82, 2.24) is 5.32 Å². The summed E-state index contributed by atoms with van der Waals surface area (Å²) in [4.78, 5) is 0. The number of rotatable bonds is 5. The van der Waals surface area contributed by atoms with E-state index in [9.17, 15) is 0 Å². The molecule has 1 aromatic carbocycles. The van der Waals surface area contributed by atoms with Crippen molar-refractivity contribution in [2.24, 2.45) is 5.92 Å². The summed E-state index contributed by atoms with van der Waals surface area (Å²) in [5.41, 5.74) is 1.41. The Balaban J connectivity index is 1.83. The summed E-state index contributed by atoms with van der Waals surface area (Å²) in [5.74, 6) is 0.990. The Labute approximate surface area is 118 Å². The van der Waals surface area contributed by atoms with E-state index in [1.54, 1.807) is 0 Å². The molecular formula is C18H29N. The Bertz CT molecular complexity index is 346. The van der Waals surface area contributed by atoms with Gasteiger partial charge in [0.05, 0.1) is 0 Å². The van der Waals surface area contributed by atoms with E-state index in [1.807, 2.05) is 0 Å². The molecule has 0 heterocycles. The molecule has 0 radical (unpaired) electrons. The number of hydrogen-bond acceptors (Lipinski definition) is 1. The number of benzene rings is 1. The van der Waals surface area contributed by atoms with Crippen LogP contribution >= 0.6 is 0 Å². The van der Waals surface area contributed by atoms with Crippen molar-refractivity contribution in [2.45, 2.75) is 70.9 Å². The van der Waals surface area contributed by atoms with E-state index < -0.39 is 0 Å². The average molecular weight is 259 g/mol. The standard InChI is InChI=1S/C18H29N/c1-3-8-16-9-7-12-18(14-13-16)19-15(2)17-10-5-4-6-11-17/h4-6,10-11,15-16,18-19H,3,7-9,12-14H2,1-2H3/t15-,16?,18?/m0/s1. The highest BCUT2D eigenvalue weighted by atomic mass is 14.9. The zero-order valence-corrected chi connectivity index (χ0v) is 12.6. The highest BCUT2D eigenvalue weighted by Gasteiger charge is 2.19. The van der Waals surface area contributed by atoms with Crippen molar-refractivity contribution in [1.29, 1.82) is 0 Å². The molecule has 0 saturated heterocycles. The third-order valence-corrected chi connectivity index (χ3v) is 4.57. The maximum absolute atomic E-state index is 3.84. The lowest BCUT2D eigenvalue weighted by molar-refractivity contribution is 0.393. The van der Waals surface area contributed by atoms with Crippen molar-refractivity contribution < 1.29 is 0 Å². The van der Waals surface area contributed by atoms with Gasteiger partial charge in [-0.1, -0.05) is 62.9 Å². The van der Waals surface area contributed by atoms with Crippen molar-refractivity contribution in [3.05, 3.63) is 35.9 Å². The molecule has 1 nitrogen and oxygen atoms in total. The van der Waals surface area contributed by atoms with Gasteiger partial charge in [0, 0.05) is 12.1 Å². The van der Waals surface area contributed by atoms with Crippen LogP contribution in [0.2, 0.25) is 0 Å². The Kier molecular flexibility index (Phi) is 5.91. The fraction of sp³-hybridized carbons (Fsp3) is 0.667. The van der Waals surface area contributed by atoms with Gasteiger partial charge in [0.25, 0.3) is 0 Å². The van der Waals surface area contributed by atoms with Gasteiger partial charge in [-0.15, -0.1) is 0 Å². The van der Waals surface area contributed by atoms with E-state index in [0.717, 1.165) is 12.0 Å². The topological polar surface area (TPSA) is 12.0 Å². The first-order chi connectivity index (χ1) is 9.29. The Morgan fingerprint density at radius 3 is 2.63 bits per heavy atom. The lowest BCUT2D eigenvalue weighted by atomic mass is 9.95. The zero-order valence-electron chi connectivity index (χ0n) is 12.6. The van der Waals surface area contributed by atoms with Gasteiger partial charge in [0.15, 0.2) is 0 Å². The van der Waals surface area contributed by atoms with Gasteiger partial charge < -0.3 is 5.32 Å². The van der Waals surface area contributed by atoms with E-state index in [4.69, 9.17) is 0 Å². The molecule has 2 unspecified atom stereocenters. The summed E-state index contributed by atoms with van der Waals surface area (Å²) in [7, 11) is 0. The Morgan fingerprint density at radius 1 is 1.11 bits per heavy atom. The SMILES string of the molecule is CCCC1CCCC(N[C@@H](C)c2ccccc2)CC1. The highest BCUT2D eigenvalue weighted by Crippen LogP contribution is 2.27. The Hall–Kier alpha value is -0.820. The van der Waals surface area contributed by atoms with Gasteiger partial charge in [0.1, 0.15) is 0 Å². The smallest absolute Gasteiger partial charge is 0.0294 e. The van der Waals surface area contributed by atoms with E-state index >= 15 is 0 Å². The third kappa shape index (κ3) is 4.65. The van der Waals surface area contributed by atoms with Crippen LogP contribution in [-0.4, -0.2) is 6.04 Å². The summed E-state index contributed by atoms with van der Waals surface area (Å²) in [5, 5.41) is 3.84. The molecule has 0 spiro atoms. The molecule has 1 heteroatoms. The van der Waals surface area contributed by atoms with Gasteiger partial charge in [-0.2, -0.15) is 0 Å². The van der Waals surface area contributed by atoms with Crippen LogP contribution in [0.5, 0.6) is 0 Å². The van der Waals surface area contributed by atoms with Gasteiger partial charge in [-0.25, -0.2) is 0 Å². The van der Waals surface area contributed by atoms with Crippen LogP contribution in [0.4, 0.5) is 0 Å². The predicted molar refractivity (Wildman–Crippen MR) is 83.3 cm³/mol. The average Bonchev–Trinajstić information content (AvgIpc) is 2.66. The molecular weight excluding hydrogens is 230 g/mol. The lowest BCUT2D eigenvalue weighted by Crippen LogP contribution is -2.31. The largest absolute Gasteiger partial charge is 0.307 e. The minimum absolute atomic E-state index is 0.480. The summed E-state index contributed by atoms with van der Waals surface area (Å²) in [6.07, 6.45) is 9.78. The second-order valence-corrected chi connectivity index (χ2v) is 6.16. The molecule has 2 rings (SSSR count). The van der Waals surface area contributed by atoms with E-state index in [-0.39, 0.29) is 0 Å². The van der Waals surface area contributed by atoms with Crippen LogP contribution in [0, 0.1) is 5.92 Å². The van der Waals surface area contributed by atoms with Gasteiger partial charge in [0.2, 0.25) is 0 Å². The number of hydrogen-bond donors (Lipinski definition) is 1. The van der Waals surface area contributed by atoms with Crippen molar-refractivity contribution in [3.63, 3.8) is 0 Å². The first-order valence-electron chi connectivity index (χ1n) is 8.10. The first-order valence-corrected chi connectivity index (χ1v) is 8.10. The van der Waals surface area contributed by atoms with E-state index in [0.29, 0.717) is 6.04 Å². The summed E-state index contributed by atoms with van der Waals surface area (Å²) < 4.78 is 0. The zero-order chi connectivity index (χ0) is 13.5.